The van der Waals surface area contributed by atoms with E-state index in [1.807, 2.05) is 25.1 Å². The van der Waals surface area contributed by atoms with Crippen LogP contribution in [-0.4, -0.2) is 5.97 Å². The lowest BCUT2D eigenvalue weighted by molar-refractivity contribution is 0.0735. The van der Waals surface area contributed by atoms with Crippen molar-refractivity contribution in [3.8, 4) is 11.8 Å². The molecular weight excluding hydrogens is 226 g/mol. The average molecular weight is 237 g/mol. The Kier molecular flexibility index (Phi) is 3.40. The fourth-order valence-corrected chi connectivity index (χ4v) is 1.45. The smallest absolute Gasteiger partial charge is 0.343 e. The van der Waals surface area contributed by atoms with Crippen LogP contribution in [0.25, 0.3) is 0 Å². The van der Waals surface area contributed by atoms with Crippen molar-refractivity contribution in [1.82, 2.24) is 0 Å². The standard InChI is InChI=1S/C15H11NO2/c1-11-2-6-13(7-3-11)15(17)18-14-8-4-12(10-16)5-9-14/h2-9H,1H3. The van der Waals surface area contributed by atoms with Crippen molar-refractivity contribution >= 4 is 5.97 Å². The van der Waals surface area contributed by atoms with Crippen LogP contribution in [0.5, 0.6) is 5.75 Å². The van der Waals surface area contributed by atoms with E-state index >= 15 is 0 Å². The predicted molar refractivity (Wildman–Crippen MR) is 67.3 cm³/mol. The van der Waals surface area contributed by atoms with Gasteiger partial charge in [0.25, 0.3) is 0 Å². The van der Waals surface area contributed by atoms with Crippen molar-refractivity contribution in [1.29, 1.82) is 5.26 Å². The van der Waals surface area contributed by atoms with E-state index in [0.29, 0.717) is 16.9 Å². The third-order valence-electron chi connectivity index (χ3n) is 2.48. The summed E-state index contributed by atoms with van der Waals surface area (Å²) < 4.78 is 5.19. The van der Waals surface area contributed by atoms with E-state index < -0.39 is 5.97 Å². The van der Waals surface area contributed by atoms with Gasteiger partial charge in [0.05, 0.1) is 17.2 Å². The number of nitrogens with zero attached hydrogens (tertiary/aromatic N) is 1. The van der Waals surface area contributed by atoms with Crippen molar-refractivity contribution in [2.75, 3.05) is 0 Å². The lowest BCUT2D eigenvalue weighted by Crippen LogP contribution is -2.08. The molecule has 0 aliphatic rings. The summed E-state index contributed by atoms with van der Waals surface area (Å²) in [6.07, 6.45) is 0. The van der Waals surface area contributed by atoms with Gasteiger partial charge in [0.1, 0.15) is 5.75 Å². The molecule has 88 valence electrons. The zero-order valence-corrected chi connectivity index (χ0v) is 9.88. The molecule has 0 N–H and O–H groups in total. The number of ether oxygens (including phenoxy) is 1. The third kappa shape index (κ3) is 2.74. The Morgan fingerprint density at radius 3 is 2.22 bits per heavy atom. The second kappa shape index (κ2) is 5.15. The minimum Gasteiger partial charge on any atom is -0.423 e. The Morgan fingerprint density at radius 2 is 1.67 bits per heavy atom. The summed E-state index contributed by atoms with van der Waals surface area (Å²) in [5, 5.41) is 8.66. The molecule has 0 spiro atoms. The van der Waals surface area contributed by atoms with Crippen LogP contribution in [0.15, 0.2) is 48.5 Å². The third-order valence-corrected chi connectivity index (χ3v) is 2.48. The number of benzene rings is 2. The molecule has 2 rings (SSSR count). The molecule has 3 heteroatoms. The lowest BCUT2D eigenvalue weighted by atomic mass is 10.1. The maximum Gasteiger partial charge on any atom is 0.343 e. The molecule has 2 aromatic rings. The van der Waals surface area contributed by atoms with Gasteiger partial charge in [0, 0.05) is 0 Å². The summed E-state index contributed by atoms with van der Waals surface area (Å²) in [5.41, 5.74) is 2.13. The minimum atomic E-state index is -0.403. The van der Waals surface area contributed by atoms with Gasteiger partial charge in [-0.3, -0.25) is 0 Å². The maximum absolute atomic E-state index is 11.8. The maximum atomic E-state index is 11.8. The fourth-order valence-electron chi connectivity index (χ4n) is 1.45. The van der Waals surface area contributed by atoms with Crippen molar-refractivity contribution in [2.24, 2.45) is 0 Å². The van der Waals surface area contributed by atoms with E-state index in [2.05, 4.69) is 0 Å². The van der Waals surface area contributed by atoms with Crippen LogP contribution >= 0.6 is 0 Å². The van der Waals surface area contributed by atoms with Crippen LogP contribution in [0, 0.1) is 18.3 Å². The van der Waals surface area contributed by atoms with E-state index in [0.717, 1.165) is 5.56 Å². The number of aryl methyl sites for hydroxylation is 1. The van der Waals surface area contributed by atoms with E-state index in [1.165, 1.54) is 0 Å². The first kappa shape index (κ1) is 11.9. The van der Waals surface area contributed by atoms with Crippen LogP contribution < -0.4 is 4.74 Å². The number of hydrogen-bond acceptors (Lipinski definition) is 3. The molecular formula is C15H11NO2. The lowest BCUT2D eigenvalue weighted by Gasteiger charge is -2.04. The zero-order chi connectivity index (χ0) is 13.0. The highest BCUT2D eigenvalue weighted by Crippen LogP contribution is 2.14. The quantitative estimate of drug-likeness (QED) is 0.595. The molecule has 0 radical (unpaired) electrons. The molecule has 18 heavy (non-hydrogen) atoms. The first-order valence-corrected chi connectivity index (χ1v) is 5.48. The minimum absolute atomic E-state index is 0.403. The van der Waals surface area contributed by atoms with Gasteiger partial charge in [-0.1, -0.05) is 17.7 Å². The van der Waals surface area contributed by atoms with Crippen LogP contribution in [0.2, 0.25) is 0 Å². The highest BCUT2D eigenvalue weighted by Gasteiger charge is 2.07. The Labute approximate surface area is 105 Å². The number of carbonyl (C=O) groups excluding carboxylic acids is 1. The topological polar surface area (TPSA) is 50.1 Å². The highest BCUT2D eigenvalue weighted by atomic mass is 16.5. The van der Waals surface area contributed by atoms with Gasteiger partial charge < -0.3 is 4.74 Å². The van der Waals surface area contributed by atoms with Crippen LogP contribution in [0.4, 0.5) is 0 Å². The summed E-state index contributed by atoms with van der Waals surface area (Å²) in [7, 11) is 0. The van der Waals surface area contributed by atoms with E-state index in [1.54, 1.807) is 36.4 Å². The van der Waals surface area contributed by atoms with E-state index in [-0.39, 0.29) is 0 Å². The van der Waals surface area contributed by atoms with Gasteiger partial charge in [-0.2, -0.15) is 5.26 Å². The van der Waals surface area contributed by atoms with Gasteiger partial charge in [-0.15, -0.1) is 0 Å². The summed E-state index contributed by atoms with van der Waals surface area (Å²) in [5.74, 6) is 0.0271. The monoisotopic (exact) mass is 237 g/mol. The van der Waals surface area contributed by atoms with Crippen LogP contribution in [-0.2, 0) is 0 Å². The summed E-state index contributed by atoms with van der Waals surface area (Å²) >= 11 is 0. The fraction of sp³-hybridized carbons (Fsp3) is 0.0667. The SMILES string of the molecule is Cc1ccc(C(=O)Oc2ccc(C#N)cc2)cc1. The van der Waals surface area contributed by atoms with E-state index in [9.17, 15) is 4.79 Å². The average Bonchev–Trinajstić information content (AvgIpc) is 2.40. The Bertz CT molecular complexity index is 592. The van der Waals surface area contributed by atoms with E-state index in [4.69, 9.17) is 10.00 Å². The van der Waals surface area contributed by atoms with Gasteiger partial charge in [-0.05, 0) is 43.3 Å². The Balaban J connectivity index is 2.11. The molecule has 0 amide bonds. The zero-order valence-electron chi connectivity index (χ0n) is 9.88. The summed E-state index contributed by atoms with van der Waals surface area (Å²) in [6, 6.07) is 15.6. The molecule has 0 unspecified atom stereocenters. The molecule has 0 bridgehead atoms. The molecule has 2 aromatic carbocycles. The van der Waals surface area contributed by atoms with Gasteiger partial charge in [0.15, 0.2) is 0 Å². The second-order valence-electron chi connectivity index (χ2n) is 3.89. The first-order valence-electron chi connectivity index (χ1n) is 5.48. The van der Waals surface area contributed by atoms with Gasteiger partial charge in [0.2, 0.25) is 0 Å². The molecule has 0 aliphatic heterocycles. The predicted octanol–water partition coefficient (Wildman–Crippen LogP) is 3.09. The molecule has 0 aromatic heterocycles. The second-order valence-corrected chi connectivity index (χ2v) is 3.89. The summed E-state index contributed by atoms with van der Waals surface area (Å²) in [6.45, 7) is 1.95. The molecule has 3 nitrogen and oxygen atoms in total. The number of rotatable bonds is 2. The highest BCUT2D eigenvalue weighted by molar-refractivity contribution is 5.91. The summed E-state index contributed by atoms with van der Waals surface area (Å²) in [4.78, 5) is 11.8. The number of esters is 1. The first-order chi connectivity index (χ1) is 8.69. The van der Waals surface area contributed by atoms with Crippen LogP contribution in [0.1, 0.15) is 21.5 Å². The number of hydrogen-bond donors (Lipinski definition) is 0. The van der Waals surface area contributed by atoms with Gasteiger partial charge >= 0.3 is 5.97 Å². The molecule has 0 fully saturated rings. The number of nitriles is 1. The largest absolute Gasteiger partial charge is 0.423 e. The normalized spacial score (nSPS) is 9.56. The molecule has 0 saturated heterocycles. The Hall–Kier alpha value is -2.60. The van der Waals surface area contributed by atoms with Crippen LogP contribution in [0.3, 0.4) is 0 Å². The Morgan fingerprint density at radius 1 is 1.06 bits per heavy atom. The molecule has 0 saturated carbocycles. The molecule has 0 heterocycles. The van der Waals surface area contributed by atoms with Crippen molar-refractivity contribution in [3.05, 3.63) is 65.2 Å². The van der Waals surface area contributed by atoms with Crippen molar-refractivity contribution in [2.45, 2.75) is 6.92 Å². The molecule has 0 aliphatic carbocycles. The number of carbonyl (C=O) groups is 1. The van der Waals surface area contributed by atoms with Crippen molar-refractivity contribution < 1.29 is 9.53 Å². The van der Waals surface area contributed by atoms with Crippen molar-refractivity contribution in [3.63, 3.8) is 0 Å². The van der Waals surface area contributed by atoms with Gasteiger partial charge in [-0.25, -0.2) is 4.79 Å². The molecule has 0 atom stereocenters.